The number of rotatable bonds is 8. The monoisotopic (exact) mass is 384 g/mol. The molecule has 144 valence electrons. The van der Waals surface area contributed by atoms with E-state index in [1.54, 1.807) is 19.2 Å². The van der Waals surface area contributed by atoms with E-state index in [4.69, 9.17) is 4.74 Å². The lowest BCUT2D eigenvalue weighted by molar-refractivity contribution is -0.107. The van der Waals surface area contributed by atoms with Crippen LogP contribution in [0.1, 0.15) is 56.1 Å². The predicted octanol–water partition coefficient (Wildman–Crippen LogP) is 5.70. The molecule has 0 saturated carbocycles. The Morgan fingerprint density at radius 3 is 2.67 bits per heavy atom. The van der Waals surface area contributed by atoms with E-state index in [0.29, 0.717) is 18.1 Å². The van der Waals surface area contributed by atoms with Gasteiger partial charge in [0, 0.05) is 22.5 Å². The van der Waals surface area contributed by atoms with Crippen molar-refractivity contribution in [1.29, 1.82) is 0 Å². The van der Waals surface area contributed by atoms with E-state index in [-0.39, 0.29) is 5.41 Å². The van der Waals surface area contributed by atoms with Crippen LogP contribution in [0.3, 0.4) is 0 Å². The van der Waals surface area contributed by atoms with Crippen molar-refractivity contribution in [2.24, 2.45) is 0 Å². The molecule has 1 aliphatic heterocycles. The zero-order chi connectivity index (χ0) is 19.3. The first-order valence-electron chi connectivity index (χ1n) is 9.62. The molecule has 0 amide bonds. The molecule has 0 aromatic heterocycles. The summed E-state index contributed by atoms with van der Waals surface area (Å²) in [4.78, 5) is 11.9. The molecule has 0 fully saturated rings. The lowest BCUT2D eigenvalue weighted by atomic mass is 9.68. The normalized spacial score (nSPS) is 21.5. The standard InChI is InChI=1S/C23H28O3S/c1-23(17-8-10-18(25)11-9-17)16-27-22-15-19(26-2)12-13-20(22)21(23)7-5-3-4-6-14-24/h8-15,21,25H,3-7,16H2,1-2H3. The quantitative estimate of drug-likeness (QED) is 0.469. The van der Waals surface area contributed by atoms with Gasteiger partial charge in [-0.3, -0.25) is 0 Å². The van der Waals surface area contributed by atoms with E-state index < -0.39 is 0 Å². The number of aromatic hydroxyl groups is 1. The molecule has 2 aromatic rings. The number of hydrogen-bond acceptors (Lipinski definition) is 4. The summed E-state index contributed by atoms with van der Waals surface area (Å²) in [5.74, 6) is 2.61. The van der Waals surface area contributed by atoms with Crippen molar-refractivity contribution in [3.8, 4) is 11.5 Å². The van der Waals surface area contributed by atoms with Crippen LogP contribution in [0.4, 0.5) is 0 Å². The molecule has 3 nitrogen and oxygen atoms in total. The summed E-state index contributed by atoms with van der Waals surface area (Å²) in [6.07, 6.45) is 5.93. The van der Waals surface area contributed by atoms with Crippen LogP contribution in [0.15, 0.2) is 47.4 Å². The third-order valence-corrected chi connectivity index (χ3v) is 7.14. The molecular formula is C23H28O3S. The molecule has 1 N–H and O–H groups in total. The van der Waals surface area contributed by atoms with Gasteiger partial charge < -0.3 is 14.6 Å². The largest absolute Gasteiger partial charge is 0.508 e. The third kappa shape index (κ3) is 4.32. The summed E-state index contributed by atoms with van der Waals surface area (Å²) in [5, 5.41) is 9.70. The fourth-order valence-electron chi connectivity index (χ4n) is 4.08. The minimum Gasteiger partial charge on any atom is -0.508 e. The van der Waals surface area contributed by atoms with E-state index in [1.807, 2.05) is 11.8 Å². The number of phenolic OH excluding ortho intramolecular Hbond substituents is 1. The smallest absolute Gasteiger partial charge is 0.119 e. The summed E-state index contributed by atoms with van der Waals surface area (Å²) >= 11 is 1.89. The number of hydrogen-bond donors (Lipinski definition) is 1. The van der Waals surface area contributed by atoms with Crippen molar-refractivity contribution in [1.82, 2.24) is 0 Å². The number of ether oxygens (including phenoxy) is 1. The van der Waals surface area contributed by atoms with Gasteiger partial charge in [-0.1, -0.05) is 38.0 Å². The lowest BCUT2D eigenvalue weighted by Crippen LogP contribution is -2.36. The molecule has 0 saturated heterocycles. The zero-order valence-corrected chi connectivity index (χ0v) is 16.9. The van der Waals surface area contributed by atoms with Crippen LogP contribution in [0.5, 0.6) is 11.5 Å². The van der Waals surface area contributed by atoms with E-state index >= 15 is 0 Å². The van der Waals surface area contributed by atoms with Crippen LogP contribution in [-0.4, -0.2) is 24.3 Å². The van der Waals surface area contributed by atoms with Gasteiger partial charge in [0.2, 0.25) is 0 Å². The van der Waals surface area contributed by atoms with Crippen LogP contribution < -0.4 is 4.74 Å². The topological polar surface area (TPSA) is 46.5 Å². The highest BCUT2D eigenvalue weighted by Crippen LogP contribution is 2.52. The second-order valence-corrected chi connectivity index (χ2v) is 8.53. The Labute approximate surface area is 166 Å². The number of methoxy groups -OCH3 is 1. The summed E-state index contributed by atoms with van der Waals surface area (Å²) in [6.45, 7) is 2.34. The van der Waals surface area contributed by atoms with Gasteiger partial charge in [-0.05, 0) is 54.2 Å². The first-order valence-corrected chi connectivity index (χ1v) is 10.6. The van der Waals surface area contributed by atoms with Gasteiger partial charge >= 0.3 is 0 Å². The average Bonchev–Trinajstić information content (AvgIpc) is 2.69. The first-order chi connectivity index (χ1) is 13.1. The number of carbonyl (C=O) groups is 1. The summed E-state index contributed by atoms with van der Waals surface area (Å²) in [5.41, 5.74) is 2.66. The highest BCUT2D eigenvalue weighted by atomic mass is 32.2. The van der Waals surface area contributed by atoms with Gasteiger partial charge in [0.15, 0.2) is 0 Å². The third-order valence-electron chi connectivity index (χ3n) is 5.73. The van der Waals surface area contributed by atoms with Crippen molar-refractivity contribution in [3.63, 3.8) is 0 Å². The second-order valence-electron chi connectivity index (χ2n) is 7.51. The minimum absolute atomic E-state index is 0.00458. The maximum Gasteiger partial charge on any atom is 0.119 e. The van der Waals surface area contributed by atoms with Crippen molar-refractivity contribution in [2.45, 2.75) is 55.3 Å². The summed E-state index contributed by atoms with van der Waals surface area (Å²) < 4.78 is 5.42. The van der Waals surface area contributed by atoms with Gasteiger partial charge in [-0.2, -0.15) is 0 Å². The molecule has 0 radical (unpaired) electrons. The fraction of sp³-hybridized carbons (Fsp3) is 0.435. The minimum atomic E-state index is 0.00458. The summed E-state index contributed by atoms with van der Waals surface area (Å²) in [6, 6.07) is 14.1. The highest BCUT2D eigenvalue weighted by Gasteiger charge is 2.41. The molecule has 2 atom stereocenters. The second kappa shape index (κ2) is 8.83. The molecule has 0 bridgehead atoms. The van der Waals surface area contributed by atoms with Crippen LogP contribution in [-0.2, 0) is 10.2 Å². The molecule has 0 aliphatic carbocycles. The summed E-state index contributed by atoms with van der Waals surface area (Å²) in [7, 11) is 1.71. The molecule has 2 aromatic carbocycles. The van der Waals surface area contributed by atoms with E-state index in [1.165, 1.54) is 16.0 Å². The Hall–Kier alpha value is -1.94. The number of phenols is 1. The van der Waals surface area contributed by atoms with Gasteiger partial charge in [0.1, 0.15) is 17.8 Å². The molecule has 0 spiro atoms. The molecule has 1 aliphatic rings. The fourth-order valence-corrected chi connectivity index (χ4v) is 5.48. The van der Waals surface area contributed by atoms with E-state index in [2.05, 4.69) is 37.3 Å². The number of carbonyl (C=O) groups excluding carboxylic acids is 1. The Morgan fingerprint density at radius 1 is 1.19 bits per heavy atom. The van der Waals surface area contributed by atoms with E-state index in [0.717, 1.165) is 43.5 Å². The Morgan fingerprint density at radius 2 is 1.96 bits per heavy atom. The maximum absolute atomic E-state index is 10.6. The predicted molar refractivity (Wildman–Crippen MR) is 111 cm³/mol. The number of benzene rings is 2. The molecule has 3 rings (SSSR count). The number of unbranched alkanes of at least 4 members (excludes halogenated alkanes) is 3. The van der Waals surface area contributed by atoms with Gasteiger partial charge in [-0.25, -0.2) is 0 Å². The number of aldehydes is 1. The molecule has 1 heterocycles. The molecule has 27 heavy (non-hydrogen) atoms. The first kappa shape index (κ1) is 19.8. The van der Waals surface area contributed by atoms with Crippen molar-refractivity contribution >= 4 is 18.0 Å². The zero-order valence-electron chi connectivity index (χ0n) is 16.1. The molecular weight excluding hydrogens is 356 g/mol. The van der Waals surface area contributed by atoms with Crippen molar-refractivity contribution in [3.05, 3.63) is 53.6 Å². The Bertz CT molecular complexity index is 772. The SMILES string of the molecule is COc1ccc2c(c1)SCC(C)(c1ccc(O)cc1)C2CCCCCC=O. The lowest BCUT2D eigenvalue weighted by Gasteiger charge is -2.43. The molecule has 4 heteroatoms. The van der Waals surface area contributed by atoms with E-state index in [9.17, 15) is 9.90 Å². The highest BCUT2D eigenvalue weighted by molar-refractivity contribution is 7.99. The van der Waals surface area contributed by atoms with Gasteiger partial charge in [0.05, 0.1) is 7.11 Å². The van der Waals surface area contributed by atoms with Gasteiger partial charge in [-0.15, -0.1) is 11.8 Å². The number of fused-ring (bicyclic) bond motifs is 1. The van der Waals surface area contributed by atoms with Gasteiger partial charge in [0.25, 0.3) is 0 Å². The maximum atomic E-state index is 10.6. The van der Waals surface area contributed by atoms with Crippen LogP contribution in [0, 0.1) is 0 Å². The van der Waals surface area contributed by atoms with Crippen molar-refractivity contribution in [2.75, 3.05) is 12.9 Å². The number of thioether (sulfide) groups is 1. The Kier molecular flexibility index (Phi) is 6.48. The molecule has 2 unspecified atom stereocenters. The van der Waals surface area contributed by atoms with Crippen molar-refractivity contribution < 1.29 is 14.6 Å². The van der Waals surface area contributed by atoms with Crippen LogP contribution in [0.2, 0.25) is 0 Å². The van der Waals surface area contributed by atoms with Crippen LogP contribution >= 0.6 is 11.8 Å². The Balaban J connectivity index is 1.91. The van der Waals surface area contributed by atoms with Crippen LogP contribution in [0.25, 0.3) is 0 Å². The average molecular weight is 385 g/mol.